The summed E-state index contributed by atoms with van der Waals surface area (Å²) >= 11 is 8.13. The summed E-state index contributed by atoms with van der Waals surface area (Å²) in [5.74, 6) is 0.384. The van der Waals surface area contributed by atoms with Crippen LogP contribution in [0.4, 0.5) is 0 Å². The van der Waals surface area contributed by atoms with Gasteiger partial charge in [-0.15, -0.1) is 0 Å². The van der Waals surface area contributed by atoms with Gasteiger partial charge in [-0.3, -0.25) is 4.79 Å². The Morgan fingerprint density at radius 3 is 2.84 bits per heavy atom. The molecule has 0 saturated heterocycles. The zero-order valence-electron chi connectivity index (χ0n) is 16.5. The first-order valence-corrected chi connectivity index (χ1v) is 10.9. The van der Waals surface area contributed by atoms with Crippen molar-refractivity contribution in [1.82, 2.24) is 5.43 Å². The molecule has 158 valence electrons. The van der Waals surface area contributed by atoms with Crippen molar-refractivity contribution in [3.8, 4) is 11.8 Å². The van der Waals surface area contributed by atoms with E-state index in [1.807, 2.05) is 36.4 Å². The Morgan fingerprint density at radius 1 is 1.19 bits per heavy atom. The second kappa shape index (κ2) is 9.85. The third-order valence-corrected chi connectivity index (χ3v) is 5.64. The maximum Gasteiger partial charge on any atom is 0.307 e. The number of benzene rings is 3. The maximum absolute atomic E-state index is 12.3. The van der Waals surface area contributed by atoms with E-state index in [4.69, 9.17) is 20.8 Å². The summed E-state index contributed by atoms with van der Waals surface area (Å²) in [5, 5.41) is 14.5. The third-order valence-electron chi connectivity index (χ3n) is 4.56. The largest absolute Gasteiger partial charge is 0.488 e. The van der Waals surface area contributed by atoms with E-state index in [0.717, 1.165) is 20.1 Å². The Labute approximate surface area is 202 Å². The van der Waals surface area contributed by atoms with E-state index >= 15 is 0 Å². The quantitative estimate of drug-likeness (QED) is 0.182. The molecule has 0 aliphatic rings. The first-order valence-electron chi connectivity index (χ1n) is 9.46. The Kier molecular flexibility index (Phi) is 6.73. The Hall–Kier alpha value is -3.35. The number of halogens is 2. The van der Waals surface area contributed by atoms with Crippen molar-refractivity contribution in [3.05, 3.63) is 97.8 Å². The van der Waals surface area contributed by atoms with Crippen LogP contribution in [0.2, 0.25) is 5.02 Å². The number of nitriles is 1. The molecule has 32 heavy (non-hydrogen) atoms. The van der Waals surface area contributed by atoms with Crippen LogP contribution in [0, 0.1) is 14.9 Å². The van der Waals surface area contributed by atoms with Gasteiger partial charge < -0.3 is 9.15 Å². The number of nitrogens with one attached hydrogen (secondary N) is 1. The molecule has 0 unspecified atom stereocenters. The second-order valence-electron chi connectivity index (χ2n) is 6.74. The Bertz CT molecular complexity index is 1370. The van der Waals surface area contributed by atoms with Crippen molar-refractivity contribution in [2.24, 2.45) is 5.10 Å². The minimum Gasteiger partial charge on any atom is -0.488 e. The van der Waals surface area contributed by atoms with Crippen molar-refractivity contribution in [2.75, 3.05) is 0 Å². The van der Waals surface area contributed by atoms with Crippen molar-refractivity contribution in [3.63, 3.8) is 0 Å². The van der Waals surface area contributed by atoms with Crippen LogP contribution in [-0.4, -0.2) is 12.1 Å². The number of nitrogens with zero attached hydrogens (tertiary/aromatic N) is 2. The molecule has 0 aliphatic carbocycles. The number of hydrogen-bond acceptors (Lipinski definition) is 5. The molecule has 0 radical (unpaired) electrons. The minimum absolute atomic E-state index is 0.149. The first kappa shape index (κ1) is 21.9. The standard InChI is InChI=1S/C24H15ClIN3O3/c25-19-6-8-21-18(10-19)11-23(32-21)24(30)29-28-13-15-5-7-22(20(26)9-15)31-14-17-4-2-1-3-16(17)12-27/h1-11,13H,14H2,(H,29,30)/b28-13+. The van der Waals surface area contributed by atoms with E-state index in [-0.39, 0.29) is 5.76 Å². The van der Waals surface area contributed by atoms with E-state index in [1.165, 1.54) is 6.21 Å². The number of ether oxygens (including phenoxy) is 1. The highest BCUT2D eigenvalue weighted by Gasteiger charge is 2.12. The first-order chi connectivity index (χ1) is 15.5. The number of carbonyl (C=O) groups excluding carboxylic acids is 1. The van der Waals surface area contributed by atoms with Crippen molar-refractivity contribution in [2.45, 2.75) is 6.61 Å². The normalized spacial score (nSPS) is 10.9. The fourth-order valence-corrected chi connectivity index (χ4v) is 3.85. The summed E-state index contributed by atoms with van der Waals surface area (Å²) in [6.07, 6.45) is 1.54. The number of hydrogen-bond donors (Lipinski definition) is 1. The van der Waals surface area contributed by atoms with E-state index in [9.17, 15) is 10.1 Å². The average molecular weight is 556 g/mol. The SMILES string of the molecule is N#Cc1ccccc1COc1ccc(/C=N/NC(=O)c2cc3cc(Cl)ccc3o2)cc1I. The highest BCUT2D eigenvalue weighted by atomic mass is 127. The van der Waals surface area contributed by atoms with E-state index in [0.29, 0.717) is 28.5 Å². The molecule has 1 amide bonds. The highest BCUT2D eigenvalue weighted by molar-refractivity contribution is 14.1. The number of amides is 1. The molecule has 0 aliphatic heterocycles. The van der Waals surface area contributed by atoms with Crippen molar-refractivity contribution in [1.29, 1.82) is 5.26 Å². The zero-order chi connectivity index (χ0) is 22.5. The molecule has 0 bridgehead atoms. The summed E-state index contributed by atoms with van der Waals surface area (Å²) in [5.41, 5.74) is 5.24. The van der Waals surface area contributed by atoms with Crippen LogP contribution in [0.1, 0.15) is 27.2 Å². The molecule has 0 spiro atoms. The lowest BCUT2D eigenvalue weighted by Crippen LogP contribution is -2.16. The molecule has 3 aromatic carbocycles. The number of hydrazone groups is 1. The van der Waals surface area contributed by atoms with Crippen molar-refractivity contribution < 1.29 is 13.9 Å². The Balaban J connectivity index is 1.38. The molecule has 0 fully saturated rings. The van der Waals surface area contributed by atoms with Gasteiger partial charge in [0.25, 0.3) is 0 Å². The molecule has 1 heterocycles. The number of furan rings is 1. The van der Waals surface area contributed by atoms with E-state index in [2.05, 4.69) is 39.2 Å². The second-order valence-corrected chi connectivity index (χ2v) is 8.34. The monoisotopic (exact) mass is 555 g/mol. The molecule has 0 atom stereocenters. The number of fused-ring (bicyclic) bond motifs is 1. The highest BCUT2D eigenvalue weighted by Crippen LogP contribution is 2.24. The van der Waals surface area contributed by atoms with Gasteiger partial charge in [-0.1, -0.05) is 29.8 Å². The topological polar surface area (TPSA) is 87.6 Å². The smallest absolute Gasteiger partial charge is 0.307 e. The van der Waals surface area contributed by atoms with Gasteiger partial charge in [0.15, 0.2) is 5.76 Å². The van der Waals surface area contributed by atoms with Gasteiger partial charge in [0.2, 0.25) is 0 Å². The molecule has 6 nitrogen and oxygen atoms in total. The van der Waals surface area contributed by atoms with E-state index in [1.54, 1.807) is 30.3 Å². The van der Waals surface area contributed by atoms with Crippen molar-refractivity contribution >= 4 is 57.3 Å². The van der Waals surface area contributed by atoms with Crippen LogP contribution >= 0.6 is 34.2 Å². The predicted octanol–water partition coefficient (Wildman–Crippen LogP) is 5.91. The van der Waals surface area contributed by atoms with Crippen LogP contribution < -0.4 is 10.2 Å². The molecular weight excluding hydrogens is 541 g/mol. The average Bonchev–Trinajstić information content (AvgIpc) is 3.22. The molecule has 4 rings (SSSR count). The lowest BCUT2D eigenvalue weighted by molar-refractivity contribution is 0.0929. The molecular formula is C24H15ClIN3O3. The summed E-state index contributed by atoms with van der Waals surface area (Å²) in [6, 6.07) is 21.8. The lowest BCUT2D eigenvalue weighted by Gasteiger charge is -2.10. The predicted molar refractivity (Wildman–Crippen MR) is 131 cm³/mol. The lowest BCUT2D eigenvalue weighted by atomic mass is 10.1. The van der Waals surface area contributed by atoms with Crippen LogP contribution in [-0.2, 0) is 6.61 Å². The van der Waals surface area contributed by atoms with Gasteiger partial charge in [0, 0.05) is 16.0 Å². The van der Waals surface area contributed by atoms with Gasteiger partial charge in [-0.2, -0.15) is 10.4 Å². The van der Waals surface area contributed by atoms with Gasteiger partial charge in [-0.05, 0) is 76.7 Å². The summed E-state index contributed by atoms with van der Waals surface area (Å²) in [6.45, 7) is 0.298. The molecule has 0 saturated carbocycles. The third kappa shape index (κ3) is 5.10. The summed E-state index contributed by atoms with van der Waals surface area (Å²) < 4.78 is 12.3. The fraction of sp³-hybridized carbons (Fsp3) is 0.0417. The number of carbonyl (C=O) groups is 1. The van der Waals surface area contributed by atoms with Crippen LogP contribution in [0.25, 0.3) is 11.0 Å². The minimum atomic E-state index is -0.459. The maximum atomic E-state index is 12.3. The Morgan fingerprint density at radius 2 is 2.03 bits per heavy atom. The number of rotatable bonds is 6. The molecule has 8 heteroatoms. The van der Waals surface area contributed by atoms with Gasteiger partial charge in [0.05, 0.1) is 21.4 Å². The van der Waals surface area contributed by atoms with Gasteiger partial charge >= 0.3 is 5.91 Å². The van der Waals surface area contributed by atoms with Crippen LogP contribution in [0.3, 0.4) is 0 Å². The molecule has 1 aromatic heterocycles. The fourth-order valence-electron chi connectivity index (χ4n) is 2.97. The van der Waals surface area contributed by atoms with E-state index < -0.39 is 5.91 Å². The van der Waals surface area contributed by atoms with Gasteiger partial charge in [-0.25, -0.2) is 5.43 Å². The summed E-state index contributed by atoms with van der Waals surface area (Å²) in [7, 11) is 0. The zero-order valence-corrected chi connectivity index (χ0v) is 19.4. The summed E-state index contributed by atoms with van der Waals surface area (Å²) in [4.78, 5) is 12.3. The van der Waals surface area contributed by atoms with Crippen LogP contribution in [0.15, 0.2) is 76.2 Å². The molecule has 1 N–H and O–H groups in total. The van der Waals surface area contributed by atoms with Gasteiger partial charge in [0.1, 0.15) is 17.9 Å². The molecule has 4 aromatic rings. The van der Waals surface area contributed by atoms with Crippen LogP contribution in [0.5, 0.6) is 5.75 Å².